The van der Waals surface area contributed by atoms with E-state index in [0.717, 1.165) is 17.0 Å². The van der Waals surface area contributed by atoms with Crippen molar-refractivity contribution in [2.24, 2.45) is 0 Å². The largest absolute Gasteiger partial charge is 0.507 e. The third-order valence-electron chi connectivity index (χ3n) is 5.21. The number of Topliss-reactive ketones (excluding diaryl/α,β-unsaturated/α-hetero) is 1. The number of aryl methyl sites for hydroxylation is 2. The van der Waals surface area contributed by atoms with E-state index in [9.17, 15) is 29.2 Å². The lowest BCUT2D eigenvalue weighted by atomic mass is 9.95. The molecule has 2 heterocycles. The van der Waals surface area contributed by atoms with E-state index in [1.807, 2.05) is 6.92 Å². The average Bonchev–Trinajstić information content (AvgIpc) is 3.23. The number of aliphatic hydroxyl groups excluding tert-OH is 1. The Morgan fingerprint density at radius 1 is 1.12 bits per heavy atom. The number of benzene rings is 2. The molecule has 0 radical (unpaired) electrons. The fourth-order valence-corrected chi connectivity index (χ4v) is 4.38. The van der Waals surface area contributed by atoms with Gasteiger partial charge in [0.25, 0.3) is 11.5 Å². The van der Waals surface area contributed by atoms with E-state index in [1.54, 1.807) is 6.92 Å². The summed E-state index contributed by atoms with van der Waals surface area (Å²) < 4.78 is 13.3. The topological polar surface area (TPSA) is 114 Å². The molecule has 2 aromatic carbocycles. The van der Waals surface area contributed by atoms with Crippen molar-refractivity contribution in [3.63, 3.8) is 0 Å². The van der Waals surface area contributed by atoms with Gasteiger partial charge in [-0.05, 0) is 55.8 Å². The second-order valence-corrected chi connectivity index (χ2v) is 8.34. The molecule has 1 aliphatic heterocycles. The van der Waals surface area contributed by atoms with Gasteiger partial charge in [0.2, 0.25) is 0 Å². The van der Waals surface area contributed by atoms with Crippen molar-refractivity contribution in [3.05, 3.63) is 91.7 Å². The summed E-state index contributed by atoms with van der Waals surface area (Å²) in [6, 6.07) is 9.13. The molecular weight excluding hydrogens is 437 g/mol. The Morgan fingerprint density at radius 3 is 2.28 bits per heavy atom. The number of amides is 1. The van der Waals surface area contributed by atoms with Crippen LogP contribution in [-0.2, 0) is 9.59 Å². The number of aliphatic hydroxyl groups is 1. The minimum absolute atomic E-state index is 0.155. The Bertz CT molecular complexity index is 1260. The van der Waals surface area contributed by atoms with E-state index in [0.29, 0.717) is 11.3 Å². The van der Waals surface area contributed by atoms with Crippen molar-refractivity contribution < 1.29 is 24.0 Å². The number of nitro benzene ring substituents is 1. The van der Waals surface area contributed by atoms with Gasteiger partial charge in [-0.1, -0.05) is 0 Å². The number of carbonyl (C=O) groups excluding carboxylic acids is 2. The van der Waals surface area contributed by atoms with E-state index < -0.39 is 34.2 Å². The maximum absolute atomic E-state index is 13.3. The fraction of sp³-hybridized carbons (Fsp3) is 0.136. The van der Waals surface area contributed by atoms with Crippen LogP contribution in [-0.4, -0.2) is 26.7 Å². The Labute approximate surface area is 185 Å². The Hall–Kier alpha value is -3.92. The normalized spacial score (nSPS) is 17.7. The van der Waals surface area contributed by atoms with Crippen molar-refractivity contribution >= 4 is 39.6 Å². The van der Waals surface area contributed by atoms with Crippen LogP contribution < -0.4 is 4.90 Å². The SMILES string of the molecule is Cc1nc(N2C(=O)C(=O)C(=C(O)c3ccc(F)cc3)C2c2ccc([N+](=O)[O-])cc2)sc1C. The Balaban J connectivity index is 1.93. The van der Waals surface area contributed by atoms with Crippen LogP contribution in [0.2, 0.25) is 0 Å². The van der Waals surface area contributed by atoms with Gasteiger partial charge < -0.3 is 5.11 Å². The summed E-state index contributed by atoms with van der Waals surface area (Å²) in [5.74, 6) is -2.81. The lowest BCUT2D eigenvalue weighted by Gasteiger charge is -2.23. The minimum atomic E-state index is -1.06. The number of carbonyl (C=O) groups is 2. The molecule has 162 valence electrons. The summed E-state index contributed by atoms with van der Waals surface area (Å²) in [6.45, 7) is 3.60. The number of hydrogen-bond donors (Lipinski definition) is 1. The number of rotatable bonds is 4. The van der Waals surface area contributed by atoms with Gasteiger partial charge in [0.1, 0.15) is 11.6 Å². The highest BCUT2D eigenvalue weighted by Gasteiger charge is 2.48. The number of halogens is 1. The summed E-state index contributed by atoms with van der Waals surface area (Å²) in [4.78, 5) is 42.9. The molecule has 0 spiro atoms. The number of aromatic nitrogens is 1. The first-order valence-electron chi connectivity index (χ1n) is 9.44. The molecule has 1 aliphatic rings. The second-order valence-electron chi connectivity index (χ2n) is 7.16. The van der Waals surface area contributed by atoms with Gasteiger partial charge in [-0.15, -0.1) is 11.3 Å². The molecular formula is C22H16FN3O5S. The first kappa shape index (κ1) is 21.3. The molecule has 8 nitrogen and oxygen atoms in total. The average molecular weight is 453 g/mol. The van der Waals surface area contributed by atoms with Gasteiger partial charge >= 0.3 is 5.91 Å². The number of anilines is 1. The predicted molar refractivity (Wildman–Crippen MR) is 116 cm³/mol. The summed E-state index contributed by atoms with van der Waals surface area (Å²) in [6.07, 6.45) is 0. The molecule has 1 aromatic heterocycles. The number of nitro groups is 1. The Kier molecular flexibility index (Phi) is 5.31. The maximum Gasteiger partial charge on any atom is 0.301 e. The van der Waals surface area contributed by atoms with E-state index in [-0.39, 0.29) is 22.0 Å². The first-order chi connectivity index (χ1) is 15.2. The highest BCUT2D eigenvalue weighted by molar-refractivity contribution is 7.16. The quantitative estimate of drug-likeness (QED) is 0.205. The molecule has 1 fully saturated rings. The van der Waals surface area contributed by atoms with Crippen molar-refractivity contribution in [1.82, 2.24) is 4.98 Å². The number of hydrogen-bond acceptors (Lipinski definition) is 7. The van der Waals surface area contributed by atoms with Crippen LogP contribution in [0.4, 0.5) is 15.2 Å². The van der Waals surface area contributed by atoms with E-state index in [1.165, 1.54) is 52.6 Å². The molecule has 1 saturated heterocycles. The van der Waals surface area contributed by atoms with Crippen molar-refractivity contribution in [1.29, 1.82) is 0 Å². The van der Waals surface area contributed by atoms with E-state index >= 15 is 0 Å². The zero-order valence-electron chi connectivity index (χ0n) is 16.9. The van der Waals surface area contributed by atoms with Crippen LogP contribution in [0.15, 0.2) is 54.1 Å². The van der Waals surface area contributed by atoms with Gasteiger partial charge in [-0.2, -0.15) is 0 Å². The van der Waals surface area contributed by atoms with Crippen molar-refractivity contribution in [3.8, 4) is 0 Å². The molecule has 32 heavy (non-hydrogen) atoms. The third kappa shape index (κ3) is 3.54. The van der Waals surface area contributed by atoms with Crippen molar-refractivity contribution in [2.45, 2.75) is 19.9 Å². The summed E-state index contributed by atoms with van der Waals surface area (Å²) in [7, 11) is 0. The van der Waals surface area contributed by atoms with Crippen LogP contribution in [0.5, 0.6) is 0 Å². The molecule has 1 amide bonds. The summed E-state index contributed by atoms with van der Waals surface area (Å²) >= 11 is 1.22. The minimum Gasteiger partial charge on any atom is -0.507 e. The van der Waals surface area contributed by atoms with Crippen LogP contribution in [0.25, 0.3) is 5.76 Å². The highest BCUT2D eigenvalue weighted by Crippen LogP contribution is 2.43. The zero-order valence-corrected chi connectivity index (χ0v) is 17.7. The van der Waals surface area contributed by atoms with Gasteiger partial charge in [0.05, 0.1) is 22.2 Å². The predicted octanol–water partition coefficient (Wildman–Crippen LogP) is 4.43. The molecule has 10 heteroatoms. The molecule has 1 unspecified atom stereocenters. The smallest absolute Gasteiger partial charge is 0.301 e. The highest BCUT2D eigenvalue weighted by atomic mass is 32.1. The monoisotopic (exact) mass is 453 g/mol. The van der Waals surface area contributed by atoms with Gasteiger partial charge in [0.15, 0.2) is 5.13 Å². The Morgan fingerprint density at radius 2 is 1.75 bits per heavy atom. The molecule has 0 saturated carbocycles. The molecule has 0 bridgehead atoms. The van der Waals surface area contributed by atoms with Crippen LogP contribution >= 0.6 is 11.3 Å². The standard InChI is InChI=1S/C22H16FN3O5S/c1-11-12(2)32-22(24-11)25-18(13-5-9-16(10-6-13)26(30)31)17(20(28)21(25)29)19(27)14-3-7-15(23)8-4-14/h3-10,18,27H,1-2H3. The number of thiazole rings is 1. The maximum atomic E-state index is 13.3. The van der Waals surface area contributed by atoms with Crippen LogP contribution in [0.3, 0.4) is 0 Å². The van der Waals surface area contributed by atoms with Crippen LogP contribution in [0.1, 0.15) is 27.7 Å². The van der Waals surface area contributed by atoms with Gasteiger partial charge in [-0.25, -0.2) is 9.37 Å². The van der Waals surface area contributed by atoms with E-state index in [2.05, 4.69) is 4.98 Å². The molecule has 1 N–H and O–H groups in total. The van der Waals surface area contributed by atoms with Crippen molar-refractivity contribution in [2.75, 3.05) is 4.90 Å². The number of nitrogens with zero attached hydrogens (tertiary/aromatic N) is 3. The molecule has 3 aromatic rings. The molecule has 1 atom stereocenters. The molecule has 4 rings (SSSR count). The molecule has 0 aliphatic carbocycles. The lowest BCUT2D eigenvalue weighted by molar-refractivity contribution is -0.384. The van der Waals surface area contributed by atoms with Gasteiger partial charge in [-0.3, -0.25) is 24.6 Å². The van der Waals surface area contributed by atoms with E-state index in [4.69, 9.17) is 0 Å². The summed E-state index contributed by atoms with van der Waals surface area (Å²) in [5, 5.41) is 22.2. The summed E-state index contributed by atoms with van der Waals surface area (Å²) in [5.41, 5.74) is 0.853. The fourth-order valence-electron chi connectivity index (χ4n) is 3.45. The number of non-ortho nitro benzene ring substituents is 1. The second kappa shape index (κ2) is 7.97. The van der Waals surface area contributed by atoms with Crippen LogP contribution in [0, 0.1) is 29.8 Å². The third-order valence-corrected chi connectivity index (χ3v) is 6.28. The lowest BCUT2D eigenvalue weighted by Crippen LogP contribution is -2.29. The first-order valence-corrected chi connectivity index (χ1v) is 10.3. The van der Waals surface area contributed by atoms with Gasteiger partial charge in [0, 0.05) is 22.6 Å². The zero-order chi connectivity index (χ0) is 23.2. The number of ketones is 1.